The van der Waals surface area contributed by atoms with E-state index in [4.69, 9.17) is 0 Å². The van der Waals surface area contributed by atoms with E-state index in [0.717, 1.165) is 38.1 Å². The number of hydrogen-bond acceptors (Lipinski definition) is 3. The molecule has 148 valence electrons. The highest BCUT2D eigenvalue weighted by Crippen LogP contribution is 2.31. The molecule has 0 unspecified atom stereocenters. The summed E-state index contributed by atoms with van der Waals surface area (Å²) in [5.74, 6) is 1.06. The van der Waals surface area contributed by atoms with E-state index in [2.05, 4.69) is 41.8 Å². The maximum Gasteiger partial charge on any atom is 0.237 e. The lowest BCUT2D eigenvalue weighted by Gasteiger charge is -2.46. The molecule has 2 atom stereocenters. The van der Waals surface area contributed by atoms with Crippen molar-refractivity contribution in [3.8, 4) is 0 Å². The molecule has 3 fully saturated rings. The van der Waals surface area contributed by atoms with E-state index in [1.54, 1.807) is 0 Å². The summed E-state index contributed by atoms with van der Waals surface area (Å²) in [4.78, 5) is 20.0. The SMILES string of the molecule is Cc1ccc(CN2CCN(C[C@@H]3CCCN4CCCC[C@H]34)CC2=O)cc1C. The molecule has 0 bridgehead atoms. The third kappa shape index (κ3) is 4.38. The number of nitrogens with zero attached hydrogens (tertiary/aromatic N) is 3. The van der Waals surface area contributed by atoms with Gasteiger partial charge >= 0.3 is 0 Å². The van der Waals surface area contributed by atoms with Crippen LogP contribution in [0.15, 0.2) is 18.2 Å². The van der Waals surface area contributed by atoms with Crippen LogP contribution in [0.25, 0.3) is 0 Å². The fourth-order valence-corrected chi connectivity index (χ4v) is 5.32. The maximum atomic E-state index is 12.8. The number of amides is 1. The van der Waals surface area contributed by atoms with Gasteiger partial charge < -0.3 is 9.80 Å². The van der Waals surface area contributed by atoms with Crippen molar-refractivity contribution < 1.29 is 4.79 Å². The second-order valence-electron chi connectivity index (χ2n) is 8.97. The number of piperazine rings is 1. The molecule has 4 rings (SSSR count). The molecule has 3 aliphatic rings. The number of carbonyl (C=O) groups is 1. The predicted molar refractivity (Wildman–Crippen MR) is 110 cm³/mol. The molecular formula is C23H35N3O. The molecule has 0 N–H and O–H groups in total. The van der Waals surface area contributed by atoms with Crippen molar-refractivity contribution in [1.29, 1.82) is 0 Å². The topological polar surface area (TPSA) is 26.8 Å². The van der Waals surface area contributed by atoms with Gasteiger partial charge in [0.1, 0.15) is 0 Å². The Balaban J connectivity index is 1.31. The van der Waals surface area contributed by atoms with Crippen molar-refractivity contribution in [3.05, 3.63) is 34.9 Å². The minimum absolute atomic E-state index is 0.302. The number of aryl methyl sites for hydroxylation is 2. The summed E-state index contributed by atoms with van der Waals surface area (Å²) in [7, 11) is 0. The van der Waals surface area contributed by atoms with Crippen LogP contribution in [0.1, 0.15) is 48.8 Å². The molecule has 1 aromatic carbocycles. The molecule has 3 aliphatic heterocycles. The van der Waals surface area contributed by atoms with Gasteiger partial charge in [-0.2, -0.15) is 0 Å². The van der Waals surface area contributed by atoms with Gasteiger partial charge in [0.25, 0.3) is 0 Å². The quantitative estimate of drug-likeness (QED) is 0.815. The molecule has 1 amide bonds. The Bertz CT molecular complexity index is 672. The molecule has 0 aliphatic carbocycles. The van der Waals surface area contributed by atoms with Crippen molar-refractivity contribution in [2.75, 3.05) is 39.3 Å². The van der Waals surface area contributed by atoms with Crippen LogP contribution in [-0.2, 0) is 11.3 Å². The molecule has 3 heterocycles. The lowest BCUT2D eigenvalue weighted by molar-refractivity contribution is -0.137. The Kier molecular flexibility index (Phi) is 5.84. The van der Waals surface area contributed by atoms with Gasteiger partial charge in [0.05, 0.1) is 6.54 Å². The molecular weight excluding hydrogens is 334 g/mol. The first-order valence-corrected chi connectivity index (χ1v) is 10.9. The maximum absolute atomic E-state index is 12.8. The van der Waals surface area contributed by atoms with Crippen LogP contribution in [0.5, 0.6) is 0 Å². The normalized spacial score (nSPS) is 27.6. The molecule has 0 saturated carbocycles. The van der Waals surface area contributed by atoms with Gasteiger partial charge in [-0.1, -0.05) is 24.6 Å². The third-order valence-electron chi connectivity index (χ3n) is 7.06. The molecule has 4 nitrogen and oxygen atoms in total. The lowest BCUT2D eigenvalue weighted by Crippen LogP contribution is -2.55. The van der Waals surface area contributed by atoms with Gasteiger partial charge in [-0.25, -0.2) is 0 Å². The lowest BCUT2D eigenvalue weighted by atomic mass is 9.83. The van der Waals surface area contributed by atoms with E-state index in [1.165, 1.54) is 61.9 Å². The highest BCUT2D eigenvalue weighted by atomic mass is 16.2. The van der Waals surface area contributed by atoms with Crippen LogP contribution in [0.3, 0.4) is 0 Å². The van der Waals surface area contributed by atoms with Gasteiger partial charge in [0.2, 0.25) is 5.91 Å². The van der Waals surface area contributed by atoms with Crippen molar-refractivity contribution in [3.63, 3.8) is 0 Å². The average Bonchev–Trinajstić information content (AvgIpc) is 2.67. The molecule has 1 aromatic rings. The summed E-state index contributed by atoms with van der Waals surface area (Å²) in [6, 6.07) is 7.34. The molecule has 0 spiro atoms. The highest BCUT2D eigenvalue weighted by Gasteiger charge is 2.35. The molecule has 3 saturated heterocycles. The summed E-state index contributed by atoms with van der Waals surface area (Å²) in [6.45, 7) is 11.3. The fourth-order valence-electron chi connectivity index (χ4n) is 5.32. The van der Waals surface area contributed by atoms with E-state index in [9.17, 15) is 4.79 Å². The second kappa shape index (κ2) is 8.32. The zero-order chi connectivity index (χ0) is 18.8. The summed E-state index contributed by atoms with van der Waals surface area (Å²) in [5, 5.41) is 0. The highest BCUT2D eigenvalue weighted by molar-refractivity contribution is 5.79. The number of carbonyl (C=O) groups excluding carboxylic acids is 1. The smallest absolute Gasteiger partial charge is 0.237 e. The van der Waals surface area contributed by atoms with E-state index in [0.29, 0.717) is 12.5 Å². The van der Waals surface area contributed by atoms with Crippen LogP contribution in [0.4, 0.5) is 0 Å². The van der Waals surface area contributed by atoms with Gasteiger partial charge in [0, 0.05) is 32.2 Å². The van der Waals surface area contributed by atoms with Crippen LogP contribution in [0, 0.1) is 19.8 Å². The molecule has 0 radical (unpaired) electrons. The van der Waals surface area contributed by atoms with E-state index in [-0.39, 0.29) is 0 Å². The number of hydrogen-bond donors (Lipinski definition) is 0. The van der Waals surface area contributed by atoms with Crippen LogP contribution in [0.2, 0.25) is 0 Å². The first-order valence-electron chi connectivity index (χ1n) is 10.9. The number of piperidine rings is 2. The Morgan fingerprint density at radius 3 is 2.63 bits per heavy atom. The Labute approximate surface area is 164 Å². The number of rotatable bonds is 4. The van der Waals surface area contributed by atoms with Crippen molar-refractivity contribution in [2.45, 2.75) is 58.5 Å². The summed E-state index contributed by atoms with van der Waals surface area (Å²) >= 11 is 0. The zero-order valence-electron chi connectivity index (χ0n) is 17.1. The Morgan fingerprint density at radius 1 is 0.963 bits per heavy atom. The van der Waals surface area contributed by atoms with E-state index in [1.807, 2.05) is 4.90 Å². The number of benzene rings is 1. The second-order valence-corrected chi connectivity index (χ2v) is 8.97. The summed E-state index contributed by atoms with van der Waals surface area (Å²) < 4.78 is 0. The van der Waals surface area contributed by atoms with Crippen LogP contribution >= 0.6 is 0 Å². The molecule has 27 heavy (non-hydrogen) atoms. The number of fused-ring (bicyclic) bond motifs is 1. The summed E-state index contributed by atoms with van der Waals surface area (Å²) in [5.41, 5.74) is 3.89. The first kappa shape index (κ1) is 18.9. The van der Waals surface area contributed by atoms with Crippen molar-refractivity contribution in [1.82, 2.24) is 14.7 Å². The first-order chi connectivity index (χ1) is 13.1. The minimum Gasteiger partial charge on any atom is -0.336 e. The van der Waals surface area contributed by atoms with Gasteiger partial charge in [-0.15, -0.1) is 0 Å². The van der Waals surface area contributed by atoms with Crippen molar-refractivity contribution >= 4 is 5.91 Å². The van der Waals surface area contributed by atoms with Crippen molar-refractivity contribution in [2.24, 2.45) is 5.92 Å². The standard InChI is InChI=1S/C23H35N3O/c1-18-8-9-20(14-19(18)2)15-26-13-12-24(17-23(26)27)16-21-6-5-11-25-10-4-3-7-22(21)25/h8-9,14,21-22H,3-7,10-13,15-17H2,1-2H3/t21-,22+/m0/s1. The molecule has 0 aromatic heterocycles. The van der Waals surface area contributed by atoms with E-state index < -0.39 is 0 Å². The average molecular weight is 370 g/mol. The van der Waals surface area contributed by atoms with Crippen LogP contribution < -0.4 is 0 Å². The Morgan fingerprint density at radius 2 is 1.81 bits per heavy atom. The minimum atomic E-state index is 0.302. The van der Waals surface area contributed by atoms with Gasteiger partial charge in [-0.3, -0.25) is 9.69 Å². The van der Waals surface area contributed by atoms with Gasteiger partial charge in [0.15, 0.2) is 0 Å². The van der Waals surface area contributed by atoms with Gasteiger partial charge in [-0.05, 0) is 75.2 Å². The zero-order valence-corrected chi connectivity index (χ0v) is 17.1. The fraction of sp³-hybridized carbons (Fsp3) is 0.696. The molecule has 4 heteroatoms. The monoisotopic (exact) mass is 369 g/mol. The van der Waals surface area contributed by atoms with E-state index >= 15 is 0 Å². The Hall–Kier alpha value is -1.39. The summed E-state index contributed by atoms with van der Waals surface area (Å²) in [6.07, 6.45) is 6.81. The predicted octanol–water partition coefficient (Wildman–Crippen LogP) is 3.21. The largest absolute Gasteiger partial charge is 0.336 e. The third-order valence-corrected chi connectivity index (χ3v) is 7.06. The van der Waals surface area contributed by atoms with Crippen LogP contribution in [-0.4, -0.2) is 65.9 Å².